The topological polar surface area (TPSA) is 78.9 Å². The molecular weight excluding hydrogens is 745 g/mol. The highest BCUT2D eigenvalue weighted by Crippen LogP contribution is 2.16. The largest absolute Gasteiger partial charge is 0.462 e. The number of esters is 3. The molecule has 0 N–H and O–H groups in total. The summed E-state index contributed by atoms with van der Waals surface area (Å²) in [7, 11) is 0. The molecule has 0 aromatic heterocycles. The summed E-state index contributed by atoms with van der Waals surface area (Å²) in [5.41, 5.74) is 0. The number of hydrogen-bond acceptors (Lipinski definition) is 6. The zero-order valence-corrected chi connectivity index (χ0v) is 40.0. The SMILES string of the molecule is CC/C=C\C/C=C\C/C=C\CCCCCC(=O)OC(COC(=O)CCCCCCCCCCCC)COC(=O)CCCCCCCCCCCCCCCCCCCCC. The Bertz CT molecular complexity index is 1020. The number of carbonyl (C=O) groups excluding carboxylic acids is 3. The van der Waals surface area contributed by atoms with E-state index < -0.39 is 6.10 Å². The van der Waals surface area contributed by atoms with Crippen LogP contribution in [0.25, 0.3) is 0 Å². The maximum atomic E-state index is 12.7. The molecule has 0 aromatic rings. The van der Waals surface area contributed by atoms with Crippen molar-refractivity contribution in [1.82, 2.24) is 0 Å². The van der Waals surface area contributed by atoms with Gasteiger partial charge in [0, 0.05) is 19.3 Å². The molecule has 1 unspecified atom stereocenters. The van der Waals surface area contributed by atoms with Gasteiger partial charge in [0.05, 0.1) is 0 Å². The van der Waals surface area contributed by atoms with Gasteiger partial charge in [0.15, 0.2) is 6.10 Å². The van der Waals surface area contributed by atoms with Crippen molar-refractivity contribution in [3.8, 4) is 0 Å². The Morgan fingerprint density at radius 2 is 0.650 bits per heavy atom. The predicted octanol–water partition coefficient (Wildman–Crippen LogP) is 16.9. The summed E-state index contributed by atoms with van der Waals surface area (Å²) in [5.74, 6) is -0.900. The lowest BCUT2D eigenvalue weighted by Gasteiger charge is -2.18. The Balaban J connectivity index is 4.29. The Morgan fingerprint density at radius 3 is 1.02 bits per heavy atom. The molecule has 0 amide bonds. The van der Waals surface area contributed by atoms with Crippen LogP contribution in [0.5, 0.6) is 0 Å². The highest BCUT2D eigenvalue weighted by atomic mass is 16.6. The van der Waals surface area contributed by atoms with Gasteiger partial charge in [0.25, 0.3) is 0 Å². The minimum Gasteiger partial charge on any atom is -0.462 e. The normalized spacial score (nSPS) is 12.2. The summed E-state index contributed by atoms with van der Waals surface area (Å²) >= 11 is 0. The highest BCUT2D eigenvalue weighted by molar-refractivity contribution is 5.71. The van der Waals surface area contributed by atoms with Crippen molar-refractivity contribution in [3.63, 3.8) is 0 Å². The average Bonchev–Trinajstić information content (AvgIpc) is 3.24. The van der Waals surface area contributed by atoms with Gasteiger partial charge in [-0.1, -0.05) is 237 Å². The number of carbonyl (C=O) groups is 3. The van der Waals surface area contributed by atoms with Gasteiger partial charge >= 0.3 is 17.9 Å². The first kappa shape index (κ1) is 57.6. The molecule has 6 heteroatoms. The second-order valence-electron chi connectivity index (χ2n) is 17.4. The molecule has 0 fully saturated rings. The molecule has 1 atom stereocenters. The number of allylic oxidation sites excluding steroid dienone is 6. The van der Waals surface area contributed by atoms with E-state index in [2.05, 4.69) is 57.2 Å². The molecule has 0 aliphatic heterocycles. The van der Waals surface area contributed by atoms with Crippen molar-refractivity contribution in [2.24, 2.45) is 0 Å². The first-order valence-electron chi connectivity index (χ1n) is 26.0. The van der Waals surface area contributed by atoms with Gasteiger partial charge in [-0.2, -0.15) is 0 Å². The molecule has 0 heterocycles. The van der Waals surface area contributed by atoms with Gasteiger partial charge in [0.1, 0.15) is 13.2 Å². The smallest absolute Gasteiger partial charge is 0.306 e. The van der Waals surface area contributed by atoms with Crippen LogP contribution in [0, 0.1) is 0 Å². The van der Waals surface area contributed by atoms with Crippen LogP contribution in [0.3, 0.4) is 0 Å². The quantitative estimate of drug-likeness (QED) is 0.0263. The van der Waals surface area contributed by atoms with Crippen molar-refractivity contribution in [1.29, 1.82) is 0 Å². The molecule has 60 heavy (non-hydrogen) atoms. The van der Waals surface area contributed by atoms with Crippen molar-refractivity contribution in [2.75, 3.05) is 13.2 Å². The van der Waals surface area contributed by atoms with Gasteiger partial charge in [-0.3, -0.25) is 14.4 Å². The third-order valence-corrected chi connectivity index (χ3v) is 11.4. The van der Waals surface area contributed by atoms with Crippen LogP contribution < -0.4 is 0 Å². The monoisotopic (exact) mass is 843 g/mol. The van der Waals surface area contributed by atoms with Crippen LogP contribution in [0.4, 0.5) is 0 Å². The summed E-state index contributed by atoms with van der Waals surface area (Å²) in [6, 6.07) is 0. The summed E-state index contributed by atoms with van der Waals surface area (Å²) < 4.78 is 16.8. The number of unbranched alkanes of at least 4 members (excludes halogenated alkanes) is 30. The minimum atomic E-state index is -0.781. The Morgan fingerprint density at radius 1 is 0.350 bits per heavy atom. The first-order valence-corrected chi connectivity index (χ1v) is 26.0. The van der Waals surface area contributed by atoms with Crippen LogP contribution in [0.15, 0.2) is 36.5 Å². The molecule has 0 spiro atoms. The third-order valence-electron chi connectivity index (χ3n) is 11.4. The third kappa shape index (κ3) is 46.7. The van der Waals surface area contributed by atoms with E-state index in [4.69, 9.17) is 14.2 Å². The lowest BCUT2D eigenvalue weighted by molar-refractivity contribution is -0.167. The van der Waals surface area contributed by atoms with E-state index >= 15 is 0 Å². The van der Waals surface area contributed by atoms with Gasteiger partial charge in [-0.25, -0.2) is 0 Å². The van der Waals surface area contributed by atoms with Gasteiger partial charge in [-0.05, 0) is 51.4 Å². The van der Waals surface area contributed by atoms with E-state index in [0.29, 0.717) is 19.3 Å². The molecule has 0 radical (unpaired) electrons. The fourth-order valence-electron chi connectivity index (χ4n) is 7.52. The van der Waals surface area contributed by atoms with Gasteiger partial charge in [0.2, 0.25) is 0 Å². The van der Waals surface area contributed by atoms with Crippen LogP contribution in [-0.4, -0.2) is 37.2 Å². The molecule has 0 aliphatic rings. The molecule has 6 nitrogen and oxygen atoms in total. The van der Waals surface area contributed by atoms with E-state index in [1.54, 1.807) is 0 Å². The van der Waals surface area contributed by atoms with E-state index in [-0.39, 0.29) is 31.1 Å². The average molecular weight is 843 g/mol. The fraction of sp³-hybridized carbons (Fsp3) is 0.833. The lowest BCUT2D eigenvalue weighted by Crippen LogP contribution is -2.30. The van der Waals surface area contributed by atoms with E-state index in [9.17, 15) is 14.4 Å². The van der Waals surface area contributed by atoms with Crippen LogP contribution >= 0.6 is 0 Å². The standard InChI is InChI=1S/C54H98O6/c1-4-7-10-13-16-19-22-24-25-26-27-28-29-31-32-35-38-41-44-47-53(56)59-50-51(49-58-52(55)46-43-40-37-34-21-18-15-12-9-6-3)60-54(57)48-45-42-39-36-33-30-23-20-17-14-11-8-5-2/h8,11,17,20,30,33,51H,4-7,9-10,12-16,18-19,21-29,31-32,34-50H2,1-3H3/b11-8-,20-17-,33-30-. The summed E-state index contributed by atoms with van der Waals surface area (Å²) in [4.78, 5) is 37.9. The molecule has 0 saturated carbocycles. The molecule has 350 valence electrons. The van der Waals surface area contributed by atoms with Crippen molar-refractivity contribution in [2.45, 2.75) is 277 Å². The summed E-state index contributed by atoms with van der Waals surface area (Å²) in [6.07, 6.45) is 57.1. The Kier molecular flexibility index (Phi) is 47.3. The first-order chi connectivity index (χ1) is 29.5. The van der Waals surface area contributed by atoms with Gasteiger partial charge < -0.3 is 14.2 Å². The van der Waals surface area contributed by atoms with Crippen LogP contribution in [-0.2, 0) is 28.6 Å². The Hall–Kier alpha value is -2.37. The van der Waals surface area contributed by atoms with E-state index in [1.165, 1.54) is 148 Å². The zero-order valence-electron chi connectivity index (χ0n) is 40.0. The second-order valence-corrected chi connectivity index (χ2v) is 17.4. The molecule has 0 saturated heterocycles. The number of rotatable bonds is 47. The van der Waals surface area contributed by atoms with Crippen molar-refractivity contribution < 1.29 is 28.6 Å². The van der Waals surface area contributed by atoms with Crippen molar-refractivity contribution >= 4 is 17.9 Å². The van der Waals surface area contributed by atoms with Gasteiger partial charge in [-0.15, -0.1) is 0 Å². The molecule has 0 bridgehead atoms. The number of ether oxygens (including phenoxy) is 3. The maximum Gasteiger partial charge on any atom is 0.306 e. The molecule has 0 rings (SSSR count). The molecule has 0 aliphatic carbocycles. The fourth-order valence-corrected chi connectivity index (χ4v) is 7.52. The van der Waals surface area contributed by atoms with Crippen molar-refractivity contribution in [3.05, 3.63) is 36.5 Å². The molecule has 0 aromatic carbocycles. The van der Waals surface area contributed by atoms with Crippen LogP contribution in [0.1, 0.15) is 271 Å². The maximum absolute atomic E-state index is 12.7. The molecular formula is C54H98O6. The number of hydrogen-bond donors (Lipinski definition) is 0. The van der Waals surface area contributed by atoms with E-state index in [0.717, 1.165) is 83.5 Å². The minimum absolute atomic E-state index is 0.0800. The van der Waals surface area contributed by atoms with E-state index in [1.807, 2.05) is 0 Å². The Labute approximate surface area is 372 Å². The lowest BCUT2D eigenvalue weighted by atomic mass is 10.0. The summed E-state index contributed by atoms with van der Waals surface area (Å²) in [6.45, 7) is 6.51. The van der Waals surface area contributed by atoms with Crippen LogP contribution in [0.2, 0.25) is 0 Å². The predicted molar refractivity (Wildman–Crippen MR) is 256 cm³/mol. The second kappa shape index (κ2) is 49.3. The summed E-state index contributed by atoms with van der Waals surface area (Å²) in [5, 5.41) is 0. The highest BCUT2D eigenvalue weighted by Gasteiger charge is 2.19. The zero-order chi connectivity index (χ0) is 43.7.